The van der Waals surface area contributed by atoms with Gasteiger partial charge >= 0.3 is 11.9 Å². The van der Waals surface area contributed by atoms with Crippen LogP contribution in [0.3, 0.4) is 0 Å². The minimum absolute atomic E-state index is 0.0468. The summed E-state index contributed by atoms with van der Waals surface area (Å²) in [5.41, 5.74) is -2.21. The van der Waals surface area contributed by atoms with Crippen molar-refractivity contribution in [1.82, 2.24) is 0 Å². The van der Waals surface area contributed by atoms with Crippen molar-refractivity contribution < 1.29 is 33.7 Å². The minimum atomic E-state index is -2.21. The van der Waals surface area contributed by atoms with Gasteiger partial charge in [-0.1, -0.05) is 0 Å². The van der Waals surface area contributed by atoms with Gasteiger partial charge in [-0.05, 0) is 0 Å². The van der Waals surface area contributed by atoms with Crippen molar-refractivity contribution in [3.63, 3.8) is 0 Å². The van der Waals surface area contributed by atoms with Crippen LogP contribution in [0, 0.1) is 0 Å². The first-order valence-corrected chi connectivity index (χ1v) is 3.93. The maximum absolute atomic E-state index is 11.1. The van der Waals surface area contributed by atoms with Crippen LogP contribution in [0.4, 0.5) is 0 Å². The minimum Gasteiger partial charge on any atom is -0.469 e. The van der Waals surface area contributed by atoms with Crippen molar-refractivity contribution in [2.24, 2.45) is 0 Å². The number of carbonyl (C=O) groups excluding carboxylic acids is 3. The highest BCUT2D eigenvalue weighted by molar-refractivity contribution is 5.85. The molecule has 7 heteroatoms. The summed E-state index contributed by atoms with van der Waals surface area (Å²) in [6.07, 6.45) is -0.649. The van der Waals surface area contributed by atoms with Crippen LogP contribution >= 0.6 is 0 Å². The van der Waals surface area contributed by atoms with Crippen LogP contribution in [-0.4, -0.2) is 49.9 Å². The Morgan fingerprint density at radius 2 is 1.93 bits per heavy atom. The molecule has 1 atom stereocenters. The van der Waals surface area contributed by atoms with E-state index in [1.807, 2.05) is 0 Å². The number of aliphatic hydroxyl groups is 1. The third kappa shape index (κ3) is 3.94. The molecule has 0 amide bonds. The largest absolute Gasteiger partial charge is 0.469 e. The van der Waals surface area contributed by atoms with E-state index in [0.29, 0.717) is 0 Å². The lowest BCUT2D eigenvalue weighted by Crippen LogP contribution is -2.46. The standard InChI is InChI=1S/C8H12O7/c1-13-6(10)3-8(12,4-15-5-9)7(11)14-2/h5,12H,3-4H2,1-2H3/t8-/m1/s1. The quantitative estimate of drug-likeness (QED) is 0.335. The molecule has 0 aliphatic carbocycles. The maximum atomic E-state index is 11.1. The fourth-order valence-corrected chi connectivity index (χ4v) is 0.855. The molecular formula is C8H12O7. The van der Waals surface area contributed by atoms with Gasteiger partial charge in [0, 0.05) is 0 Å². The molecule has 86 valence electrons. The third-order valence-electron chi connectivity index (χ3n) is 1.62. The SMILES string of the molecule is COC(=O)C[C@@](O)(COC=O)C(=O)OC. The van der Waals surface area contributed by atoms with Gasteiger partial charge in [-0.15, -0.1) is 0 Å². The number of rotatable bonds is 6. The van der Waals surface area contributed by atoms with Gasteiger partial charge in [0.2, 0.25) is 5.60 Å². The Bertz CT molecular complexity index is 249. The Balaban J connectivity index is 4.60. The first-order chi connectivity index (χ1) is 7.00. The van der Waals surface area contributed by atoms with Gasteiger partial charge in [0.15, 0.2) is 0 Å². The monoisotopic (exact) mass is 220 g/mol. The van der Waals surface area contributed by atoms with Crippen LogP contribution in [0.25, 0.3) is 0 Å². The zero-order chi connectivity index (χ0) is 11.9. The predicted octanol–water partition coefficient (Wildman–Crippen LogP) is -1.37. The number of hydrogen-bond donors (Lipinski definition) is 1. The molecule has 0 aliphatic heterocycles. The molecule has 0 saturated carbocycles. The van der Waals surface area contributed by atoms with Gasteiger partial charge < -0.3 is 19.3 Å². The molecule has 0 rings (SSSR count). The number of esters is 2. The Morgan fingerprint density at radius 3 is 2.33 bits per heavy atom. The van der Waals surface area contributed by atoms with E-state index in [-0.39, 0.29) is 6.47 Å². The Kier molecular flexibility index (Phi) is 5.32. The molecule has 0 spiro atoms. The second-order valence-corrected chi connectivity index (χ2v) is 2.68. The lowest BCUT2D eigenvalue weighted by molar-refractivity contribution is -0.176. The van der Waals surface area contributed by atoms with E-state index < -0.39 is 30.6 Å². The second-order valence-electron chi connectivity index (χ2n) is 2.68. The summed E-state index contributed by atoms with van der Waals surface area (Å²) in [5.74, 6) is -1.90. The summed E-state index contributed by atoms with van der Waals surface area (Å²) >= 11 is 0. The maximum Gasteiger partial charge on any atom is 0.342 e. The molecule has 15 heavy (non-hydrogen) atoms. The predicted molar refractivity (Wildman–Crippen MR) is 45.6 cm³/mol. The van der Waals surface area contributed by atoms with Gasteiger partial charge in [-0.25, -0.2) is 4.79 Å². The fraction of sp³-hybridized carbons (Fsp3) is 0.625. The van der Waals surface area contributed by atoms with Gasteiger partial charge in [0.05, 0.1) is 20.6 Å². The Morgan fingerprint density at radius 1 is 1.33 bits per heavy atom. The van der Waals surface area contributed by atoms with E-state index in [1.165, 1.54) is 0 Å². The van der Waals surface area contributed by atoms with Crippen LogP contribution in [0.1, 0.15) is 6.42 Å². The van der Waals surface area contributed by atoms with Crippen LogP contribution < -0.4 is 0 Å². The molecule has 0 unspecified atom stereocenters. The average molecular weight is 220 g/mol. The zero-order valence-corrected chi connectivity index (χ0v) is 8.39. The van der Waals surface area contributed by atoms with Crippen LogP contribution in [0.5, 0.6) is 0 Å². The highest BCUT2D eigenvalue weighted by Crippen LogP contribution is 2.13. The van der Waals surface area contributed by atoms with E-state index in [4.69, 9.17) is 0 Å². The van der Waals surface area contributed by atoms with Crippen molar-refractivity contribution in [3.05, 3.63) is 0 Å². The fourth-order valence-electron chi connectivity index (χ4n) is 0.855. The Labute approximate surface area is 85.9 Å². The molecule has 0 aromatic carbocycles. The number of methoxy groups -OCH3 is 2. The summed E-state index contributed by atoms with van der Waals surface area (Å²) in [4.78, 5) is 31.9. The number of carbonyl (C=O) groups is 3. The van der Waals surface area contributed by atoms with Crippen molar-refractivity contribution in [3.8, 4) is 0 Å². The molecule has 0 aromatic heterocycles. The van der Waals surface area contributed by atoms with Gasteiger partial charge in [-0.2, -0.15) is 0 Å². The number of hydrogen-bond acceptors (Lipinski definition) is 7. The molecule has 0 aromatic rings. The normalized spacial score (nSPS) is 13.5. The molecular weight excluding hydrogens is 208 g/mol. The van der Waals surface area contributed by atoms with Crippen molar-refractivity contribution in [1.29, 1.82) is 0 Å². The van der Waals surface area contributed by atoms with E-state index >= 15 is 0 Å². The summed E-state index contributed by atoms with van der Waals surface area (Å²) in [6, 6.07) is 0. The van der Waals surface area contributed by atoms with E-state index in [2.05, 4.69) is 14.2 Å². The van der Waals surface area contributed by atoms with Crippen LogP contribution in [-0.2, 0) is 28.6 Å². The van der Waals surface area contributed by atoms with Crippen molar-refractivity contribution >= 4 is 18.4 Å². The molecule has 0 aliphatic rings. The molecule has 0 bridgehead atoms. The number of ether oxygens (including phenoxy) is 3. The zero-order valence-electron chi connectivity index (χ0n) is 8.39. The van der Waals surface area contributed by atoms with Crippen LogP contribution in [0.15, 0.2) is 0 Å². The topological polar surface area (TPSA) is 99.1 Å². The second kappa shape index (κ2) is 5.97. The van der Waals surface area contributed by atoms with Crippen molar-refractivity contribution in [2.75, 3.05) is 20.8 Å². The Hall–Kier alpha value is -1.63. The molecule has 0 radical (unpaired) electrons. The van der Waals surface area contributed by atoms with Gasteiger partial charge in [0.1, 0.15) is 6.61 Å². The molecule has 0 fully saturated rings. The van der Waals surface area contributed by atoms with Gasteiger partial charge in [-0.3, -0.25) is 9.59 Å². The first-order valence-electron chi connectivity index (χ1n) is 3.93. The average Bonchev–Trinajstić information content (AvgIpc) is 2.24. The smallest absolute Gasteiger partial charge is 0.342 e. The molecule has 1 N–H and O–H groups in total. The summed E-state index contributed by atoms with van der Waals surface area (Å²) in [6.45, 7) is -0.622. The summed E-state index contributed by atoms with van der Waals surface area (Å²) in [7, 11) is 2.13. The van der Waals surface area contributed by atoms with E-state index in [9.17, 15) is 19.5 Å². The molecule has 0 saturated heterocycles. The highest BCUT2D eigenvalue weighted by atomic mass is 16.6. The summed E-state index contributed by atoms with van der Waals surface area (Å²) < 4.78 is 12.8. The first kappa shape index (κ1) is 13.4. The third-order valence-corrected chi connectivity index (χ3v) is 1.62. The van der Waals surface area contributed by atoms with Crippen LogP contribution in [0.2, 0.25) is 0 Å². The molecule has 7 nitrogen and oxygen atoms in total. The molecule has 0 heterocycles. The van der Waals surface area contributed by atoms with Crippen molar-refractivity contribution in [2.45, 2.75) is 12.0 Å². The summed E-state index contributed by atoms with van der Waals surface area (Å²) in [5, 5.41) is 9.65. The highest BCUT2D eigenvalue weighted by Gasteiger charge is 2.41. The lowest BCUT2D eigenvalue weighted by Gasteiger charge is -2.22. The lowest BCUT2D eigenvalue weighted by atomic mass is 10.0. The van der Waals surface area contributed by atoms with Gasteiger partial charge in [0.25, 0.3) is 6.47 Å². The van der Waals surface area contributed by atoms with E-state index in [0.717, 1.165) is 14.2 Å². The van der Waals surface area contributed by atoms with E-state index in [1.54, 1.807) is 0 Å².